The van der Waals surface area contributed by atoms with Gasteiger partial charge in [0, 0.05) is 27.4 Å². The Morgan fingerprint density at radius 3 is 2.58 bits per heavy atom. The Labute approximate surface area is 117 Å². The van der Waals surface area contributed by atoms with E-state index in [1.807, 2.05) is 20.8 Å². The van der Waals surface area contributed by atoms with Crippen molar-refractivity contribution in [2.45, 2.75) is 44.6 Å². The molecule has 0 aliphatic carbocycles. The molecule has 0 heterocycles. The highest BCUT2D eigenvalue weighted by Crippen LogP contribution is 2.18. The molecular weight excluding hydrogens is 260 g/mol. The molecule has 0 aromatic heterocycles. The maximum Gasteiger partial charge on any atom is 0.239 e. The Bertz CT molecular complexity index is 488. The van der Waals surface area contributed by atoms with E-state index >= 15 is 0 Å². The molecule has 0 aliphatic heterocycles. The van der Waals surface area contributed by atoms with Crippen LogP contribution in [0.15, 0.2) is 18.2 Å². The van der Waals surface area contributed by atoms with Crippen LogP contribution in [0.4, 0.5) is 11.4 Å². The van der Waals surface area contributed by atoms with Gasteiger partial charge >= 0.3 is 0 Å². The van der Waals surface area contributed by atoms with Crippen LogP contribution in [0.25, 0.3) is 0 Å². The number of anilines is 2. The topological polar surface area (TPSA) is 72.2 Å². The third-order valence-electron chi connectivity index (χ3n) is 3.20. The molecule has 106 valence electrons. The summed E-state index contributed by atoms with van der Waals surface area (Å²) in [5.41, 5.74) is 7.93. The lowest BCUT2D eigenvalue weighted by atomic mass is 10.2. The van der Waals surface area contributed by atoms with Crippen LogP contribution in [0.2, 0.25) is 0 Å². The molecule has 0 saturated heterocycles. The molecule has 1 rings (SSSR count). The molecule has 1 aromatic rings. The van der Waals surface area contributed by atoms with E-state index in [1.165, 1.54) is 0 Å². The van der Waals surface area contributed by atoms with Crippen LogP contribution in [-0.4, -0.2) is 20.6 Å². The zero-order valence-electron chi connectivity index (χ0n) is 11.9. The van der Waals surface area contributed by atoms with Crippen molar-refractivity contribution >= 4 is 28.1 Å². The van der Waals surface area contributed by atoms with E-state index in [0.29, 0.717) is 11.4 Å². The summed E-state index contributed by atoms with van der Waals surface area (Å²) >= 11 is 0. The summed E-state index contributed by atoms with van der Waals surface area (Å²) in [6.45, 7) is 7.44. The van der Waals surface area contributed by atoms with E-state index in [4.69, 9.17) is 5.73 Å². The zero-order chi connectivity index (χ0) is 14.6. The number of benzene rings is 1. The third kappa shape index (κ3) is 4.06. The quantitative estimate of drug-likeness (QED) is 0.815. The summed E-state index contributed by atoms with van der Waals surface area (Å²) in [6, 6.07) is 5.30. The number of aryl methyl sites for hydroxylation is 1. The number of carbonyl (C=O) groups excluding carboxylic acids is 1. The van der Waals surface area contributed by atoms with Crippen LogP contribution < -0.4 is 11.1 Å². The van der Waals surface area contributed by atoms with E-state index in [2.05, 4.69) is 5.32 Å². The fraction of sp³-hybridized carbons (Fsp3) is 0.500. The van der Waals surface area contributed by atoms with Crippen molar-refractivity contribution in [3.8, 4) is 0 Å². The number of carbonyl (C=O) groups is 1. The molecule has 5 heteroatoms. The van der Waals surface area contributed by atoms with Crippen LogP contribution >= 0.6 is 0 Å². The second kappa shape index (κ2) is 6.70. The van der Waals surface area contributed by atoms with Gasteiger partial charge < -0.3 is 11.1 Å². The highest BCUT2D eigenvalue weighted by molar-refractivity contribution is 7.87. The highest BCUT2D eigenvalue weighted by atomic mass is 32.2. The number of nitrogens with two attached hydrogens (primary N) is 1. The average molecular weight is 282 g/mol. The van der Waals surface area contributed by atoms with Crippen molar-refractivity contribution in [1.29, 1.82) is 0 Å². The summed E-state index contributed by atoms with van der Waals surface area (Å²) in [4.78, 5) is 12.1. The molecular formula is C14H22N2O2S. The van der Waals surface area contributed by atoms with Gasteiger partial charge in [0.05, 0.1) is 0 Å². The second-order valence-electron chi connectivity index (χ2n) is 4.75. The summed E-state index contributed by atoms with van der Waals surface area (Å²) < 4.78 is 12.1. The number of nitrogen functional groups attached to an aromatic ring is 1. The molecule has 0 aliphatic rings. The van der Waals surface area contributed by atoms with Gasteiger partial charge in [0.15, 0.2) is 0 Å². The minimum absolute atomic E-state index is 0.0215. The second-order valence-corrected chi connectivity index (χ2v) is 6.92. The van der Waals surface area contributed by atoms with Gasteiger partial charge in [-0.3, -0.25) is 9.00 Å². The molecule has 4 nitrogen and oxygen atoms in total. The van der Waals surface area contributed by atoms with Crippen LogP contribution in [0.1, 0.15) is 32.8 Å². The van der Waals surface area contributed by atoms with Gasteiger partial charge in [-0.25, -0.2) is 0 Å². The van der Waals surface area contributed by atoms with E-state index in [9.17, 15) is 9.00 Å². The molecule has 0 radical (unpaired) electrons. The van der Waals surface area contributed by atoms with Gasteiger partial charge in [0.1, 0.15) is 5.25 Å². The van der Waals surface area contributed by atoms with Crippen molar-refractivity contribution in [2.24, 2.45) is 0 Å². The van der Waals surface area contributed by atoms with E-state index in [1.54, 1.807) is 25.1 Å². The summed E-state index contributed by atoms with van der Waals surface area (Å²) in [5, 5.41) is 2.31. The summed E-state index contributed by atoms with van der Waals surface area (Å²) in [7, 11) is -1.16. The average Bonchev–Trinajstić information content (AvgIpc) is 2.39. The van der Waals surface area contributed by atoms with E-state index in [0.717, 1.165) is 12.0 Å². The molecule has 0 spiro atoms. The van der Waals surface area contributed by atoms with Gasteiger partial charge in [-0.1, -0.05) is 13.8 Å². The van der Waals surface area contributed by atoms with Crippen LogP contribution in [0.5, 0.6) is 0 Å². The van der Waals surface area contributed by atoms with E-state index < -0.39 is 16.0 Å². The lowest BCUT2D eigenvalue weighted by molar-refractivity contribution is -0.115. The first-order chi connectivity index (χ1) is 8.86. The third-order valence-corrected chi connectivity index (χ3v) is 5.23. The largest absolute Gasteiger partial charge is 0.399 e. The van der Waals surface area contributed by atoms with Crippen molar-refractivity contribution in [3.63, 3.8) is 0 Å². The fourth-order valence-electron chi connectivity index (χ4n) is 1.68. The molecule has 1 amide bonds. The number of rotatable bonds is 5. The lowest BCUT2D eigenvalue weighted by Gasteiger charge is -2.17. The number of amides is 1. The predicted octanol–water partition coefficient (Wildman–Crippen LogP) is 2.45. The van der Waals surface area contributed by atoms with Gasteiger partial charge in [-0.2, -0.15) is 0 Å². The molecule has 0 fully saturated rings. The lowest BCUT2D eigenvalue weighted by Crippen LogP contribution is -2.33. The smallest absolute Gasteiger partial charge is 0.239 e. The number of nitrogens with one attached hydrogen (secondary N) is 1. The standard InChI is InChI=1S/C14H22N2O2S/c1-5-10(3)19(18)11(4)14(17)16-13-7-6-12(15)8-9(13)2/h6-8,10-11H,5,15H2,1-4H3,(H,16,17). The maximum atomic E-state index is 12.1. The number of hydrogen-bond acceptors (Lipinski definition) is 3. The molecule has 3 atom stereocenters. The first-order valence-corrected chi connectivity index (χ1v) is 7.70. The van der Waals surface area contributed by atoms with Crippen LogP contribution in [0, 0.1) is 6.92 Å². The first kappa shape index (κ1) is 15.7. The van der Waals surface area contributed by atoms with Crippen LogP contribution in [0.3, 0.4) is 0 Å². The van der Waals surface area contributed by atoms with Gasteiger partial charge in [0.25, 0.3) is 0 Å². The fourth-order valence-corrected chi connectivity index (χ4v) is 2.98. The van der Waals surface area contributed by atoms with Crippen LogP contribution in [-0.2, 0) is 15.6 Å². The maximum absolute atomic E-state index is 12.1. The molecule has 0 saturated carbocycles. The molecule has 19 heavy (non-hydrogen) atoms. The Balaban J connectivity index is 2.76. The monoisotopic (exact) mass is 282 g/mol. The predicted molar refractivity (Wildman–Crippen MR) is 81.6 cm³/mol. The minimum Gasteiger partial charge on any atom is -0.399 e. The van der Waals surface area contributed by atoms with E-state index in [-0.39, 0.29) is 11.2 Å². The number of hydrogen-bond donors (Lipinski definition) is 2. The molecule has 3 N–H and O–H groups in total. The molecule has 0 bridgehead atoms. The highest BCUT2D eigenvalue weighted by Gasteiger charge is 2.23. The molecule has 1 aromatic carbocycles. The van der Waals surface area contributed by atoms with Crippen molar-refractivity contribution < 1.29 is 9.00 Å². The summed E-state index contributed by atoms with van der Waals surface area (Å²) in [5.74, 6) is -0.216. The normalized spacial score (nSPS) is 15.6. The first-order valence-electron chi connectivity index (χ1n) is 6.43. The zero-order valence-corrected chi connectivity index (χ0v) is 12.7. The Morgan fingerprint density at radius 1 is 1.42 bits per heavy atom. The van der Waals surface area contributed by atoms with Crippen molar-refractivity contribution in [3.05, 3.63) is 23.8 Å². The molecule has 3 unspecified atom stereocenters. The van der Waals surface area contributed by atoms with Gasteiger partial charge in [-0.05, 0) is 44.0 Å². The Hall–Kier alpha value is -1.36. The van der Waals surface area contributed by atoms with Gasteiger partial charge in [-0.15, -0.1) is 0 Å². The summed E-state index contributed by atoms with van der Waals surface area (Å²) in [6.07, 6.45) is 0.797. The van der Waals surface area contributed by atoms with Gasteiger partial charge in [0.2, 0.25) is 5.91 Å². The minimum atomic E-state index is -1.16. The van der Waals surface area contributed by atoms with Crippen molar-refractivity contribution in [1.82, 2.24) is 0 Å². The SMILES string of the molecule is CCC(C)S(=O)C(C)C(=O)Nc1ccc(N)cc1C. The Kier molecular flexibility index (Phi) is 5.54. The van der Waals surface area contributed by atoms with Crippen molar-refractivity contribution in [2.75, 3.05) is 11.1 Å². The Morgan fingerprint density at radius 2 is 2.05 bits per heavy atom.